The molecule has 1 rings (SSSR count). The second-order valence-electron chi connectivity index (χ2n) is 4.83. The van der Waals surface area contributed by atoms with Crippen molar-refractivity contribution in [2.24, 2.45) is 0 Å². The zero-order valence-corrected chi connectivity index (χ0v) is 13.3. The average Bonchev–Trinajstić information content (AvgIpc) is 2.43. The van der Waals surface area contributed by atoms with Crippen LogP contribution in [0.2, 0.25) is 0 Å². The van der Waals surface area contributed by atoms with Gasteiger partial charge in [0.25, 0.3) is 0 Å². The monoisotopic (exact) mass is 316 g/mol. The number of nitrogens with one attached hydrogen (secondary N) is 1. The summed E-state index contributed by atoms with van der Waals surface area (Å²) in [4.78, 5) is 12.9. The number of likely N-dealkylation sites (N-methyl/N-ethyl adjacent to an activating group) is 1. The molecule has 0 aliphatic heterocycles. The van der Waals surface area contributed by atoms with E-state index in [-0.39, 0.29) is 28.8 Å². The van der Waals surface area contributed by atoms with E-state index >= 15 is 0 Å². The van der Waals surface area contributed by atoms with Crippen LogP contribution < -0.4 is 9.46 Å². The van der Waals surface area contributed by atoms with Crippen molar-refractivity contribution >= 4 is 16.0 Å². The van der Waals surface area contributed by atoms with Crippen LogP contribution in [0.3, 0.4) is 0 Å². The fourth-order valence-electron chi connectivity index (χ4n) is 1.52. The third-order valence-electron chi connectivity index (χ3n) is 3.16. The van der Waals surface area contributed by atoms with Crippen molar-refractivity contribution in [2.75, 3.05) is 27.7 Å². The van der Waals surface area contributed by atoms with Crippen LogP contribution in [0, 0.1) is 0 Å². The summed E-state index contributed by atoms with van der Waals surface area (Å²) in [5.41, 5.74) is -0.193. The zero-order chi connectivity index (χ0) is 16.2. The van der Waals surface area contributed by atoms with E-state index < -0.39 is 16.0 Å². The minimum absolute atomic E-state index is 0.0111. The van der Waals surface area contributed by atoms with Gasteiger partial charge in [-0.25, -0.2) is 17.9 Å². The van der Waals surface area contributed by atoms with Gasteiger partial charge in [0.1, 0.15) is 11.3 Å². The maximum Gasteiger partial charge on any atom is 0.339 e. The van der Waals surface area contributed by atoms with Crippen LogP contribution in [-0.4, -0.2) is 58.2 Å². The molecular weight excluding hydrogens is 296 g/mol. The smallest absolute Gasteiger partial charge is 0.339 e. The molecule has 0 heterocycles. The summed E-state index contributed by atoms with van der Waals surface area (Å²) in [5, 5.41) is 9.08. The Labute approximate surface area is 124 Å². The molecule has 7 nitrogen and oxygen atoms in total. The predicted octanol–water partition coefficient (Wildman–Crippen LogP) is 0.622. The summed E-state index contributed by atoms with van der Waals surface area (Å²) in [6, 6.07) is 3.74. The molecule has 2 N–H and O–H groups in total. The van der Waals surface area contributed by atoms with Crippen molar-refractivity contribution in [3.8, 4) is 5.75 Å². The Morgan fingerprint density at radius 2 is 2.05 bits per heavy atom. The van der Waals surface area contributed by atoms with Crippen LogP contribution in [0.25, 0.3) is 0 Å². The molecule has 0 radical (unpaired) electrons. The van der Waals surface area contributed by atoms with Crippen LogP contribution >= 0.6 is 0 Å². The van der Waals surface area contributed by atoms with Crippen LogP contribution in [-0.2, 0) is 10.0 Å². The molecule has 21 heavy (non-hydrogen) atoms. The summed E-state index contributed by atoms with van der Waals surface area (Å²) in [7, 11) is 1.25. The zero-order valence-electron chi connectivity index (χ0n) is 12.5. The molecule has 1 aromatic carbocycles. The molecule has 118 valence electrons. The van der Waals surface area contributed by atoms with Crippen molar-refractivity contribution in [2.45, 2.75) is 17.9 Å². The number of aromatic carboxylic acids is 1. The maximum absolute atomic E-state index is 12.2. The highest BCUT2D eigenvalue weighted by Gasteiger charge is 2.20. The number of hydrogen-bond acceptors (Lipinski definition) is 5. The van der Waals surface area contributed by atoms with Crippen LogP contribution in [0.1, 0.15) is 17.3 Å². The Bertz CT molecular complexity index is 613. The molecule has 1 atom stereocenters. The normalized spacial score (nSPS) is 13.2. The van der Waals surface area contributed by atoms with E-state index in [1.54, 1.807) is 0 Å². The number of nitrogens with zero attached hydrogens (tertiary/aromatic N) is 1. The Hall–Kier alpha value is -1.64. The van der Waals surface area contributed by atoms with E-state index in [0.29, 0.717) is 0 Å². The first-order valence-corrected chi connectivity index (χ1v) is 7.74. The lowest BCUT2D eigenvalue weighted by Gasteiger charge is -2.20. The largest absolute Gasteiger partial charge is 0.496 e. The van der Waals surface area contributed by atoms with Gasteiger partial charge in [-0.2, -0.15) is 0 Å². The highest BCUT2D eigenvalue weighted by atomic mass is 32.2. The number of ether oxygens (including phenoxy) is 1. The van der Waals surface area contributed by atoms with E-state index in [0.717, 1.165) is 6.07 Å². The third kappa shape index (κ3) is 4.42. The fourth-order valence-corrected chi connectivity index (χ4v) is 2.67. The summed E-state index contributed by atoms with van der Waals surface area (Å²) in [5.74, 6) is -1.13. The van der Waals surface area contributed by atoms with Crippen LogP contribution in [0.15, 0.2) is 23.1 Å². The van der Waals surface area contributed by atoms with Gasteiger partial charge < -0.3 is 14.7 Å². The summed E-state index contributed by atoms with van der Waals surface area (Å²) < 4.78 is 31.7. The van der Waals surface area contributed by atoms with Gasteiger partial charge in [0.2, 0.25) is 10.0 Å². The molecule has 0 saturated carbocycles. The van der Waals surface area contributed by atoms with Crippen molar-refractivity contribution in [3.05, 3.63) is 23.8 Å². The van der Waals surface area contributed by atoms with Gasteiger partial charge in [-0.15, -0.1) is 0 Å². The van der Waals surface area contributed by atoms with Gasteiger partial charge >= 0.3 is 5.97 Å². The van der Waals surface area contributed by atoms with Crippen molar-refractivity contribution in [3.63, 3.8) is 0 Å². The number of carboxylic acid groups (broad SMARTS) is 1. The first kappa shape index (κ1) is 17.4. The Morgan fingerprint density at radius 3 is 2.52 bits per heavy atom. The van der Waals surface area contributed by atoms with E-state index in [4.69, 9.17) is 9.84 Å². The molecular formula is C13H20N2O5S. The number of hydrogen-bond donors (Lipinski definition) is 2. The topological polar surface area (TPSA) is 95.9 Å². The first-order chi connectivity index (χ1) is 9.69. The molecule has 8 heteroatoms. The Kier molecular flexibility index (Phi) is 5.70. The van der Waals surface area contributed by atoms with E-state index in [9.17, 15) is 13.2 Å². The number of benzene rings is 1. The van der Waals surface area contributed by atoms with Gasteiger partial charge in [-0.3, -0.25) is 0 Å². The molecule has 0 aliphatic carbocycles. The second-order valence-corrected chi connectivity index (χ2v) is 6.60. The fraction of sp³-hybridized carbons (Fsp3) is 0.462. The molecule has 0 aliphatic rings. The highest BCUT2D eigenvalue weighted by molar-refractivity contribution is 7.89. The van der Waals surface area contributed by atoms with E-state index in [1.165, 1.54) is 19.2 Å². The molecule has 0 unspecified atom stereocenters. The molecule has 0 fully saturated rings. The van der Waals surface area contributed by atoms with Crippen LogP contribution in [0.4, 0.5) is 0 Å². The quantitative estimate of drug-likeness (QED) is 0.765. The number of methoxy groups -OCH3 is 1. The highest BCUT2D eigenvalue weighted by Crippen LogP contribution is 2.22. The second kappa shape index (κ2) is 6.88. The van der Waals surface area contributed by atoms with Crippen molar-refractivity contribution in [1.82, 2.24) is 9.62 Å². The number of sulfonamides is 1. The Morgan fingerprint density at radius 1 is 1.43 bits per heavy atom. The SMILES string of the molecule is COc1ccc(S(=O)(=O)NC[C@H](C)N(C)C)cc1C(=O)O. The molecule has 0 saturated heterocycles. The summed E-state index contributed by atoms with van der Waals surface area (Å²) in [6.45, 7) is 2.10. The molecule has 0 amide bonds. The summed E-state index contributed by atoms with van der Waals surface area (Å²) >= 11 is 0. The Balaban J connectivity index is 3.04. The first-order valence-electron chi connectivity index (χ1n) is 6.26. The van der Waals surface area contributed by atoms with Crippen LogP contribution in [0.5, 0.6) is 5.75 Å². The minimum Gasteiger partial charge on any atom is -0.496 e. The summed E-state index contributed by atoms with van der Waals surface area (Å²) in [6.07, 6.45) is 0. The molecule has 1 aromatic rings. The van der Waals surface area contributed by atoms with Gasteiger partial charge in [-0.05, 0) is 39.2 Å². The van der Waals surface area contributed by atoms with E-state index in [1.807, 2.05) is 25.9 Å². The minimum atomic E-state index is -3.77. The van der Waals surface area contributed by atoms with Gasteiger partial charge in [-0.1, -0.05) is 0 Å². The molecule has 0 aromatic heterocycles. The number of carbonyl (C=O) groups is 1. The standard InChI is InChI=1S/C13H20N2O5S/c1-9(15(2)3)8-14-21(18,19)10-5-6-12(20-4)11(7-10)13(16)17/h5-7,9,14H,8H2,1-4H3,(H,16,17)/t9-/m0/s1. The maximum atomic E-state index is 12.2. The number of carboxylic acids is 1. The van der Waals surface area contributed by atoms with E-state index in [2.05, 4.69) is 4.72 Å². The predicted molar refractivity (Wildman–Crippen MR) is 78.3 cm³/mol. The lowest BCUT2D eigenvalue weighted by atomic mass is 10.2. The van der Waals surface area contributed by atoms with Crippen molar-refractivity contribution < 1.29 is 23.1 Å². The third-order valence-corrected chi connectivity index (χ3v) is 4.58. The lowest BCUT2D eigenvalue weighted by molar-refractivity contribution is 0.0693. The molecule has 0 spiro atoms. The lowest BCUT2D eigenvalue weighted by Crippen LogP contribution is -2.38. The molecule has 0 bridgehead atoms. The van der Waals surface area contributed by atoms with Gasteiger partial charge in [0.15, 0.2) is 0 Å². The van der Waals surface area contributed by atoms with Gasteiger partial charge in [0, 0.05) is 12.6 Å². The number of rotatable bonds is 7. The van der Waals surface area contributed by atoms with Gasteiger partial charge in [0.05, 0.1) is 12.0 Å². The van der Waals surface area contributed by atoms with Crippen molar-refractivity contribution in [1.29, 1.82) is 0 Å². The average molecular weight is 316 g/mol.